The van der Waals surface area contributed by atoms with Crippen molar-refractivity contribution in [1.82, 2.24) is 15.1 Å². The maximum absolute atomic E-state index is 8.99. The molecule has 0 unspecified atom stereocenters. The average Bonchev–Trinajstić information content (AvgIpc) is 3.00. The van der Waals surface area contributed by atoms with Crippen molar-refractivity contribution < 1.29 is 5.11 Å². The van der Waals surface area contributed by atoms with E-state index in [0.29, 0.717) is 6.04 Å². The Bertz CT molecular complexity index is 319. The Balaban J connectivity index is 2.04. The lowest BCUT2D eigenvalue weighted by atomic mass is 10.3. The van der Waals surface area contributed by atoms with Crippen LogP contribution in [-0.4, -0.2) is 39.4 Å². The molecular weight excluding hydrogens is 326 g/mol. The third-order valence-electron chi connectivity index (χ3n) is 2.58. The molecule has 0 radical (unpaired) electrons. The molecule has 0 atom stereocenters. The highest BCUT2D eigenvalue weighted by molar-refractivity contribution is 9.11. The van der Waals surface area contributed by atoms with E-state index in [9.17, 15) is 0 Å². The molecule has 0 spiro atoms. The van der Waals surface area contributed by atoms with Gasteiger partial charge in [-0.1, -0.05) is 0 Å². The predicted octanol–water partition coefficient (Wildman–Crippen LogP) is 1.89. The second kappa shape index (κ2) is 4.95. The third-order valence-corrected chi connectivity index (χ3v) is 3.89. The molecule has 0 aliphatic heterocycles. The summed E-state index contributed by atoms with van der Waals surface area (Å²) in [5.74, 6) is 0. The van der Waals surface area contributed by atoms with Gasteiger partial charge >= 0.3 is 0 Å². The van der Waals surface area contributed by atoms with Crippen LogP contribution in [0.15, 0.2) is 9.21 Å². The number of hydrogen-bond acceptors (Lipinski definition) is 3. The van der Waals surface area contributed by atoms with Gasteiger partial charge in [-0.2, -0.15) is 5.10 Å². The zero-order chi connectivity index (χ0) is 10.8. The lowest BCUT2D eigenvalue weighted by molar-refractivity contribution is 0.183. The summed E-state index contributed by atoms with van der Waals surface area (Å²) in [5.41, 5.74) is 1.12. The van der Waals surface area contributed by atoms with Crippen LogP contribution >= 0.6 is 31.9 Å². The number of aromatic nitrogens is 2. The maximum Gasteiger partial charge on any atom is 0.133 e. The van der Waals surface area contributed by atoms with Crippen LogP contribution in [0, 0.1) is 0 Å². The van der Waals surface area contributed by atoms with Crippen LogP contribution in [0.5, 0.6) is 0 Å². The van der Waals surface area contributed by atoms with E-state index in [-0.39, 0.29) is 6.61 Å². The molecule has 2 N–H and O–H groups in total. The van der Waals surface area contributed by atoms with Gasteiger partial charge in [0.1, 0.15) is 9.21 Å². The van der Waals surface area contributed by atoms with E-state index >= 15 is 0 Å². The van der Waals surface area contributed by atoms with Gasteiger partial charge in [-0.3, -0.25) is 10.00 Å². The second-order valence-electron chi connectivity index (χ2n) is 3.73. The van der Waals surface area contributed by atoms with Crippen LogP contribution in [0.25, 0.3) is 0 Å². The van der Waals surface area contributed by atoms with Crippen LogP contribution in [0.2, 0.25) is 0 Å². The Morgan fingerprint density at radius 3 is 2.67 bits per heavy atom. The zero-order valence-corrected chi connectivity index (χ0v) is 11.4. The smallest absolute Gasteiger partial charge is 0.133 e. The molecule has 1 aromatic heterocycles. The van der Waals surface area contributed by atoms with Gasteiger partial charge in [0.05, 0.1) is 6.61 Å². The Hall–Kier alpha value is 0.0900. The molecular formula is C9H13Br2N3O. The van der Waals surface area contributed by atoms with Gasteiger partial charge in [0, 0.05) is 24.7 Å². The molecule has 1 aromatic rings. The van der Waals surface area contributed by atoms with E-state index in [2.05, 4.69) is 47.0 Å². The molecule has 15 heavy (non-hydrogen) atoms. The number of nitrogens with zero attached hydrogens (tertiary/aromatic N) is 2. The summed E-state index contributed by atoms with van der Waals surface area (Å²) in [4.78, 5) is 2.29. The van der Waals surface area contributed by atoms with Gasteiger partial charge in [-0.05, 0) is 44.7 Å². The number of H-pyrrole nitrogens is 1. The SMILES string of the molecule is OCCN(Cc1c(Br)n[nH]c1Br)C1CC1. The molecule has 2 rings (SSSR count). The summed E-state index contributed by atoms with van der Waals surface area (Å²) >= 11 is 6.83. The topological polar surface area (TPSA) is 52.1 Å². The van der Waals surface area contributed by atoms with Gasteiger partial charge in [0.25, 0.3) is 0 Å². The summed E-state index contributed by atoms with van der Waals surface area (Å²) in [6.07, 6.45) is 2.49. The van der Waals surface area contributed by atoms with Gasteiger partial charge < -0.3 is 5.11 Å². The third kappa shape index (κ3) is 2.81. The number of aliphatic hydroxyl groups is 1. The summed E-state index contributed by atoms with van der Waals surface area (Å²) in [6, 6.07) is 0.644. The van der Waals surface area contributed by atoms with Crippen molar-refractivity contribution in [2.24, 2.45) is 0 Å². The van der Waals surface area contributed by atoms with Crippen molar-refractivity contribution in [3.8, 4) is 0 Å². The first kappa shape index (κ1) is 11.6. The average molecular weight is 339 g/mol. The van der Waals surface area contributed by atoms with E-state index in [1.54, 1.807) is 0 Å². The number of rotatable bonds is 5. The van der Waals surface area contributed by atoms with Gasteiger partial charge in [-0.25, -0.2) is 0 Å². The molecule has 1 saturated carbocycles. The monoisotopic (exact) mass is 337 g/mol. The van der Waals surface area contributed by atoms with E-state index in [0.717, 1.165) is 27.9 Å². The molecule has 1 aliphatic rings. The summed E-state index contributed by atoms with van der Waals surface area (Å²) in [5, 5.41) is 15.9. The zero-order valence-electron chi connectivity index (χ0n) is 8.21. The number of aromatic amines is 1. The molecule has 0 saturated heterocycles. The number of halogens is 2. The van der Waals surface area contributed by atoms with Crippen molar-refractivity contribution in [3.05, 3.63) is 14.8 Å². The molecule has 0 aromatic carbocycles. The second-order valence-corrected chi connectivity index (χ2v) is 5.28. The number of aliphatic hydroxyl groups excluding tert-OH is 1. The minimum Gasteiger partial charge on any atom is -0.395 e. The predicted molar refractivity (Wildman–Crippen MR) is 64.5 cm³/mol. The summed E-state index contributed by atoms with van der Waals surface area (Å²) in [6.45, 7) is 1.77. The van der Waals surface area contributed by atoms with Crippen molar-refractivity contribution in [2.75, 3.05) is 13.2 Å². The van der Waals surface area contributed by atoms with Gasteiger partial charge in [0.2, 0.25) is 0 Å². The number of nitrogens with one attached hydrogen (secondary N) is 1. The molecule has 1 heterocycles. The lowest BCUT2D eigenvalue weighted by Crippen LogP contribution is -2.28. The Labute approximate surface area is 105 Å². The van der Waals surface area contributed by atoms with Gasteiger partial charge in [0.15, 0.2) is 0 Å². The Morgan fingerprint density at radius 2 is 2.20 bits per heavy atom. The van der Waals surface area contributed by atoms with E-state index in [1.807, 2.05) is 0 Å². The van der Waals surface area contributed by atoms with E-state index < -0.39 is 0 Å². The van der Waals surface area contributed by atoms with Crippen LogP contribution in [-0.2, 0) is 6.54 Å². The highest BCUT2D eigenvalue weighted by atomic mass is 79.9. The Morgan fingerprint density at radius 1 is 1.47 bits per heavy atom. The van der Waals surface area contributed by atoms with Crippen molar-refractivity contribution in [2.45, 2.75) is 25.4 Å². The standard InChI is InChI=1S/C9H13Br2N3O/c10-8-7(9(11)13-12-8)5-14(3-4-15)6-1-2-6/h6,15H,1-5H2,(H,12,13). The lowest BCUT2D eigenvalue weighted by Gasteiger charge is -2.20. The van der Waals surface area contributed by atoms with E-state index in [4.69, 9.17) is 5.11 Å². The Kier molecular flexibility index (Phi) is 3.82. The first-order chi connectivity index (χ1) is 7.22. The van der Waals surface area contributed by atoms with Crippen molar-refractivity contribution >= 4 is 31.9 Å². The summed E-state index contributed by atoms with van der Waals surface area (Å²) < 4.78 is 1.76. The molecule has 4 nitrogen and oxygen atoms in total. The minimum atomic E-state index is 0.212. The fourth-order valence-corrected chi connectivity index (χ4v) is 2.70. The van der Waals surface area contributed by atoms with Gasteiger partial charge in [-0.15, -0.1) is 0 Å². The molecule has 6 heteroatoms. The van der Waals surface area contributed by atoms with Crippen LogP contribution in [0.1, 0.15) is 18.4 Å². The molecule has 84 valence electrons. The van der Waals surface area contributed by atoms with E-state index in [1.165, 1.54) is 12.8 Å². The molecule has 0 amide bonds. The van der Waals surface area contributed by atoms with Crippen molar-refractivity contribution in [1.29, 1.82) is 0 Å². The molecule has 1 fully saturated rings. The van der Waals surface area contributed by atoms with Crippen LogP contribution in [0.4, 0.5) is 0 Å². The molecule has 1 aliphatic carbocycles. The first-order valence-electron chi connectivity index (χ1n) is 4.95. The summed E-state index contributed by atoms with van der Waals surface area (Å²) in [7, 11) is 0. The first-order valence-corrected chi connectivity index (χ1v) is 6.54. The number of hydrogen-bond donors (Lipinski definition) is 2. The fourth-order valence-electron chi connectivity index (χ4n) is 1.62. The highest BCUT2D eigenvalue weighted by Crippen LogP contribution is 2.31. The van der Waals surface area contributed by atoms with Crippen LogP contribution in [0.3, 0.4) is 0 Å². The fraction of sp³-hybridized carbons (Fsp3) is 0.667. The minimum absolute atomic E-state index is 0.212. The quantitative estimate of drug-likeness (QED) is 0.862. The maximum atomic E-state index is 8.99. The normalized spacial score (nSPS) is 16.3. The molecule has 0 bridgehead atoms. The highest BCUT2D eigenvalue weighted by Gasteiger charge is 2.29. The van der Waals surface area contributed by atoms with Crippen molar-refractivity contribution in [3.63, 3.8) is 0 Å². The van der Waals surface area contributed by atoms with Crippen LogP contribution < -0.4 is 0 Å². The largest absolute Gasteiger partial charge is 0.395 e.